The number of nitrogens with two attached hydrogens (primary N) is 1. The van der Waals surface area contributed by atoms with Gasteiger partial charge >= 0.3 is 6.09 Å². The van der Waals surface area contributed by atoms with E-state index in [9.17, 15) is 9.59 Å². The number of piperidine rings is 1. The van der Waals surface area contributed by atoms with Crippen LogP contribution in [0.25, 0.3) is 0 Å². The SMILES string of the molecule is COCCN(C)CCN1CC2(CCN(C(=O)[C@@H]3[C@@H]4CC[C@@H](C4)[C@@H]3N)CC2)OC1=O. The number of methoxy groups -OCH3 is 1. The monoisotopic (exact) mass is 408 g/mol. The molecular formula is C21H36N4O4. The van der Waals surface area contributed by atoms with E-state index in [1.54, 1.807) is 7.11 Å². The van der Waals surface area contributed by atoms with E-state index in [-0.39, 0.29) is 24.0 Å². The Hall–Kier alpha value is -1.38. The van der Waals surface area contributed by atoms with Gasteiger partial charge in [0.05, 0.1) is 19.1 Å². The molecule has 2 N–H and O–H groups in total. The summed E-state index contributed by atoms with van der Waals surface area (Å²) in [5.74, 6) is 1.26. The maximum atomic E-state index is 13.1. The summed E-state index contributed by atoms with van der Waals surface area (Å²) in [6.45, 7) is 4.92. The van der Waals surface area contributed by atoms with Gasteiger partial charge in [-0.15, -0.1) is 0 Å². The van der Waals surface area contributed by atoms with Crippen molar-refractivity contribution in [2.75, 3.05) is 60.0 Å². The summed E-state index contributed by atoms with van der Waals surface area (Å²) in [4.78, 5) is 31.4. The molecule has 2 saturated heterocycles. The summed E-state index contributed by atoms with van der Waals surface area (Å²) >= 11 is 0. The highest BCUT2D eigenvalue weighted by Crippen LogP contribution is 2.48. The minimum atomic E-state index is -0.435. The van der Waals surface area contributed by atoms with Crippen LogP contribution in [0.15, 0.2) is 0 Å². The lowest BCUT2D eigenvalue weighted by molar-refractivity contribution is -0.141. The van der Waals surface area contributed by atoms with Crippen LogP contribution in [0.3, 0.4) is 0 Å². The molecule has 0 aromatic heterocycles. The molecule has 0 aromatic carbocycles. The number of hydrogen-bond donors (Lipinski definition) is 1. The number of likely N-dealkylation sites (N-methyl/N-ethyl adjacent to an activating group) is 1. The molecule has 0 aromatic rings. The van der Waals surface area contributed by atoms with Crippen molar-refractivity contribution in [3.63, 3.8) is 0 Å². The van der Waals surface area contributed by atoms with Crippen molar-refractivity contribution >= 4 is 12.0 Å². The number of amides is 2. The fourth-order valence-electron chi connectivity index (χ4n) is 5.82. The van der Waals surface area contributed by atoms with Gasteiger partial charge in [0.15, 0.2) is 0 Å². The van der Waals surface area contributed by atoms with Crippen LogP contribution in [0, 0.1) is 17.8 Å². The lowest BCUT2D eigenvalue weighted by Crippen LogP contribution is -2.53. The summed E-state index contributed by atoms with van der Waals surface area (Å²) in [6.07, 6.45) is 4.68. The second-order valence-corrected chi connectivity index (χ2v) is 9.53. The van der Waals surface area contributed by atoms with E-state index in [1.165, 1.54) is 6.42 Å². The molecular weight excluding hydrogens is 372 g/mol. The van der Waals surface area contributed by atoms with Crippen molar-refractivity contribution in [2.24, 2.45) is 23.5 Å². The Bertz CT molecular complexity index is 620. The number of likely N-dealkylation sites (tertiary alicyclic amines) is 1. The molecule has 2 bridgehead atoms. The number of rotatable bonds is 7. The van der Waals surface area contributed by atoms with E-state index < -0.39 is 5.60 Å². The van der Waals surface area contributed by atoms with Crippen LogP contribution in [-0.2, 0) is 14.3 Å². The lowest BCUT2D eigenvalue weighted by atomic mass is 9.83. The highest BCUT2D eigenvalue weighted by Gasteiger charge is 2.52. The maximum absolute atomic E-state index is 13.1. The second kappa shape index (κ2) is 8.40. The number of hydrogen-bond acceptors (Lipinski definition) is 6. The topological polar surface area (TPSA) is 88.3 Å². The third-order valence-corrected chi connectivity index (χ3v) is 7.72. The van der Waals surface area contributed by atoms with Gasteiger partial charge in [-0.1, -0.05) is 0 Å². The number of nitrogens with zero attached hydrogens (tertiary/aromatic N) is 3. The predicted molar refractivity (Wildman–Crippen MR) is 108 cm³/mol. The zero-order valence-corrected chi connectivity index (χ0v) is 17.8. The van der Waals surface area contributed by atoms with Crippen LogP contribution < -0.4 is 5.73 Å². The first kappa shape index (κ1) is 20.9. The fourth-order valence-corrected chi connectivity index (χ4v) is 5.82. The second-order valence-electron chi connectivity index (χ2n) is 9.53. The van der Waals surface area contributed by atoms with Crippen molar-refractivity contribution in [3.8, 4) is 0 Å². The van der Waals surface area contributed by atoms with Crippen molar-refractivity contribution in [1.82, 2.24) is 14.7 Å². The minimum absolute atomic E-state index is 0.00747. The highest BCUT2D eigenvalue weighted by atomic mass is 16.6. The number of carbonyl (C=O) groups is 2. The fraction of sp³-hybridized carbons (Fsp3) is 0.905. The smallest absolute Gasteiger partial charge is 0.410 e. The van der Waals surface area contributed by atoms with Gasteiger partial charge < -0.3 is 29.9 Å². The van der Waals surface area contributed by atoms with E-state index in [4.69, 9.17) is 15.2 Å². The molecule has 4 rings (SSSR count). The van der Waals surface area contributed by atoms with Gasteiger partial charge in [0.2, 0.25) is 5.91 Å². The minimum Gasteiger partial charge on any atom is -0.441 e. The van der Waals surface area contributed by atoms with E-state index in [1.807, 2.05) is 16.8 Å². The summed E-state index contributed by atoms with van der Waals surface area (Å²) in [6, 6.07) is 0.0343. The highest BCUT2D eigenvalue weighted by molar-refractivity contribution is 5.81. The average Bonchev–Trinajstić information content (AvgIpc) is 3.38. The Morgan fingerprint density at radius 1 is 1.28 bits per heavy atom. The zero-order valence-electron chi connectivity index (χ0n) is 17.8. The normalized spacial score (nSPS) is 33.2. The molecule has 29 heavy (non-hydrogen) atoms. The van der Waals surface area contributed by atoms with Crippen molar-refractivity contribution < 1.29 is 19.1 Å². The molecule has 4 fully saturated rings. The molecule has 0 radical (unpaired) electrons. The van der Waals surface area contributed by atoms with Gasteiger partial charge in [-0.05, 0) is 38.1 Å². The first-order valence-electron chi connectivity index (χ1n) is 11.1. The Morgan fingerprint density at radius 2 is 2.00 bits per heavy atom. The van der Waals surface area contributed by atoms with Crippen molar-refractivity contribution in [1.29, 1.82) is 0 Å². The summed E-state index contributed by atoms with van der Waals surface area (Å²) in [5.41, 5.74) is 5.94. The average molecular weight is 409 g/mol. The summed E-state index contributed by atoms with van der Waals surface area (Å²) in [7, 11) is 3.72. The third-order valence-electron chi connectivity index (χ3n) is 7.72. The molecule has 1 spiro atoms. The molecule has 4 atom stereocenters. The van der Waals surface area contributed by atoms with Gasteiger partial charge in [-0.3, -0.25) is 4.79 Å². The van der Waals surface area contributed by atoms with Crippen molar-refractivity contribution in [2.45, 2.75) is 43.7 Å². The molecule has 2 aliphatic heterocycles. The maximum Gasteiger partial charge on any atom is 0.410 e. The Balaban J connectivity index is 1.27. The van der Waals surface area contributed by atoms with Gasteiger partial charge in [0.1, 0.15) is 5.60 Å². The molecule has 2 heterocycles. The first-order valence-corrected chi connectivity index (χ1v) is 11.1. The molecule has 164 valence electrons. The van der Waals surface area contributed by atoms with Gasteiger partial charge in [0, 0.05) is 58.7 Å². The largest absolute Gasteiger partial charge is 0.441 e. The van der Waals surface area contributed by atoms with Gasteiger partial charge in [-0.25, -0.2) is 4.79 Å². The van der Waals surface area contributed by atoms with Gasteiger partial charge in [0.25, 0.3) is 0 Å². The number of ether oxygens (including phenoxy) is 2. The van der Waals surface area contributed by atoms with Crippen LogP contribution >= 0.6 is 0 Å². The molecule has 0 unspecified atom stereocenters. The van der Waals surface area contributed by atoms with Crippen LogP contribution in [-0.4, -0.2) is 98.4 Å². The van der Waals surface area contributed by atoms with Crippen LogP contribution in [0.4, 0.5) is 4.79 Å². The van der Waals surface area contributed by atoms with Gasteiger partial charge in [-0.2, -0.15) is 0 Å². The first-order chi connectivity index (χ1) is 13.9. The molecule has 8 heteroatoms. The van der Waals surface area contributed by atoms with E-state index >= 15 is 0 Å². The molecule has 2 saturated carbocycles. The molecule has 4 aliphatic rings. The summed E-state index contributed by atoms with van der Waals surface area (Å²) < 4.78 is 10.9. The molecule has 8 nitrogen and oxygen atoms in total. The number of carbonyl (C=O) groups excluding carboxylic acids is 2. The van der Waals surface area contributed by atoms with E-state index in [2.05, 4.69) is 4.90 Å². The Labute approximate surface area is 173 Å². The van der Waals surface area contributed by atoms with Crippen molar-refractivity contribution in [3.05, 3.63) is 0 Å². The van der Waals surface area contributed by atoms with E-state index in [0.29, 0.717) is 44.6 Å². The Kier molecular flexibility index (Phi) is 6.04. The van der Waals surface area contributed by atoms with Crippen LogP contribution in [0.1, 0.15) is 32.1 Å². The predicted octanol–water partition coefficient (Wildman–Crippen LogP) is 0.751. The van der Waals surface area contributed by atoms with Crippen LogP contribution in [0.2, 0.25) is 0 Å². The molecule has 2 aliphatic carbocycles. The number of fused-ring (bicyclic) bond motifs is 2. The third kappa shape index (κ3) is 4.11. The summed E-state index contributed by atoms with van der Waals surface area (Å²) in [5, 5.41) is 0. The Morgan fingerprint density at radius 3 is 2.66 bits per heavy atom. The quantitative estimate of drug-likeness (QED) is 0.669. The van der Waals surface area contributed by atoms with E-state index in [0.717, 1.165) is 38.8 Å². The zero-order chi connectivity index (χ0) is 20.6. The van der Waals surface area contributed by atoms with Crippen LogP contribution in [0.5, 0.6) is 0 Å². The standard InChI is InChI=1S/C21H36N4O4/c1-23(11-12-28-2)9-10-25-14-21(29-20(25)27)5-7-24(8-6-21)19(26)17-15-3-4-16(13-15)18(17)22/h15-18H,3-14,22H2,1-2H3/t15-,16+,17-,18+/m1/s1. The lowest BCUT2D eigenvalue weighted by Gasteiger charge is -2.40. The molecule has 2 amide bonds.